The van der Waals surface area contributed by atoms with Crippen molar-refractivity contribution in [2.75, 3.05) is 0 Å². The second-order valence-electron chi connectivity index (χ2n) is 3.19. The van der Waals surface area contributed by atoms with Crippen molar-refractivity contribution >= 4 is 0 Å². The molecule has 1 aromatic carbocycles. The lowest BCUT2D eigenvalue weighted by Gasteiger charge is -2.04. The van der Waals surface area contributed by atoms with Gasteiger partial charge in [0.2, 0.25) is 0 Å². The highest BCUT2D eigenvalue weighted by Gasteiger charge is 2.14. The fourth-order valence-electron chi connectivity index (χ4n) is 1.39. The van der Waals surface area contributed by atoms with Gasteiger partial charge in [0.05, 0.1) is 0 Å². The van der Waals surface area contributed by atoms with Gasteiger partial charge in [0, 0.05) is 12.1 Å². The van der Waals surface area contributed by atoms with Crippen LogP contribution in [0.25, 0.3) is 11.4 Å². The van der Waals surface area contributed by atoms with Crippen molar-refractivity contribution in [3.63, 3.8) is 0 Å². The van der Waals surface area contributed by atoms with E-state index in [2.05, 4.69) is 10.2 Å². The lowest BCUT2D eigenvalue weighted by atomic mass is 10.2. The predicted octanol–water partition coefficient (Wildman–Crippen LogP) is 2.38. The highest BCUT2D eigenvalue weighted by atomic mass is 19.2. The minimum Gasteiger partial charge on any atom is -0.314 e. The summed E-state index contributed by atoms with van der Waals surface area (Å²) >= 11 is 0. The van der Waals surface area contributed by atoms with Crippen LogP contribution in [0, 0.1) is 17.5 Å². The van der Waals surface area contributed by atoms with E-state index in [1.807, 2.05) is 6.92 Å². The van der Waals surface area contributed by atoms with Crippen LogP contribution in [0.2, 0.25) is 0 Å². The van der Waals surface area contributed by atoms with E-state index in [1.165, 1.54) is 6.33 Å². The molecule has 0 fully saturated rings. The highest BCUT2D eigenvalue weighted by molar-refractivity contribution is 5.55. The van der Waals surface area contributed by atoms with Crippen LogP contribution in [0.5, 0.6) is 0 Å². The van der Waals surface area contributed by atoms with Crippen molar-refractivity contribution < 1.29 is 13.2 Å². The summed E-state index contributed by atoms with van der Waals surface area (Å²) < 4.78 is 40.3. The summed E-state index contributed by atoms with van der Waals surface area (Å²) in [6.45, 7) is 2.39. The van der Waals surface area contributed by atoms with Crippen molar-refractivity contribution in [1.82, 2.24) is 14.8 Å². The topological polar surface area (TPSA) is 30.7 Å². The third-order valence-electron chi connectivity index (χ3n) is 2.20. The van der Waals surface area contributed by atoms with Crippen LogP contribution in [0.3, 0.4) is 0 Å². The third-order valence-corrected chi connectivity index (χ3v) is 2.20. The minimum absolute atomic E-state index is 0.163. The van der Waals surface area contributed by atoms with E-state index in [1.54, 1.807) is 4.57 Å². The number of aromatic nitrogens is 3. The quantitative estimate of drug-likeness (QED) is 0.737. The first kappa shape index (κ1) is 10.7. The molecular formula is C10H8F3N3. The Morgan fingerprint density at radius 3 is 2.38 bits per heavy atom. The molecular weight excluding hydrogens is 219 g/mol. The average molecular weight is 227 g/mol. The monoisotopic (exact) mass is 227 g/mol. The summed E-state index contributed by atoms with van der Waals surface area (Å²) in [5.74, 6) is -3.65. The number of aryl methyl sites for hydroxylation is 1. The molecule has 0 radical (unpaired) electrons. The molecule has 0 saturated heterocycles. The molecule has 1 heterocycles. The molecule has 0 N–H and O–H groups in total. The zero-order chi connectivity index (χ0) is 11.7. The molecule has 1 aromatic heterocycles. The second kappa shape index (κ2) is 3.96. The van der Waals surface area contributed by atoms with Crippen molar-refractivity contribution in [3.05, 3.63) is 35.9 Å². The van der Waals surface area contributed by atoms with E-state index in [9.17, 15) is 13.2 Å². The molecule has 0 bridgehead atoms. The predicted molar refractivity (Wildman–Crippen MR) is 51.0 cm³/mol. The largest absolute Gasteiger partial charge is 0.314 e. The van der Waals surface area contributed by atoms with E-state index >= 15 is 0 Å². The Morgan fingerprint density at radius 2 is 1.81 bits per heavy atom. The number of nitrogens with zero attached hydrogens (tertiary/aromatic N) is 3. The molecule has 2 rings (SSSR count). The van der Waals surface area contributed by atoms with Crippen LogP contribution in [0.1, 0.15) is 6.92 Å². The average Bonchev–Trinajstić information content (AvgIpc) is 2.73. The standard InChI is InChI=1S/C10H8F3N3/c1-2-16-5-14-15-10(16)6-3-7(11)9(13)8(12)4-6/h3-5H,2H2,1H3. The molecule has 6 heteroatoms. The maximum Gasteiger partial charge on any atom is 0.194 e. The molecule has 0 amide bonds. The van der Waals surface area contributed by atoms with Crippen LogP contribution in [-0.2, 0) is 6.54 Å². The molecule has 0 spiro atoms. The van der Waals surface area contributed by atoms with Gasteiger partial charge in [0.1, 0.15) is 6.33 Å². The summed E-state index contributed by atoms with van der Waals surface area (Å²) in [5, 5.41) is 7.35. The second-order valence-corrected chi connectivity index (χ2v) is 3.19. The normalized spacial score (nSPS) is 10.8. The Kier molecular flexibility index (Phi) is 2.64. The van der Waals surface area contributed by atoms with Crippen molar-refractivity contribution in [3.8, 4) is 11.4 Å². The highest BCUT2D eigenvalue weighted by Crippen LogP contribution is 2.21. The minimum atomic E-state index is -1.48. The number of hydrogen-bond donors (Lipinski definition) is 0. The number of hydrogen-bond acceptors (Lipinski definition) is 2. The zero-order valence-corrected chi connectivity index (χ0v) is 8.41. The van der Waals surface area contributed by atoms with Gasteiger partial charge in [-0.1, -0.05) is 0 Å². The van der Waals surface area contributed by atoms with Gasteiger partial charge in [-0.15, -0.1) is 10.2 Å². The van der Waals surface area contributed by atoms with Crippen molar-refractivity contribution in [1.29, 1.82) is 0 Å². The first-order valence-corrected chi connectivity index (χ1v) is 4.66. The van der Waals surface area contributed by atoms with Crippen molar-refractivity contribution in [2.45, 2.75) is 13.5 Å². The van der Waals surface area contributed by atoms with Crippen LogP contribution >= 0.6 is 0 Å². The summed E-state index contributed by atoms with van der Waals surface area (Å²) in [6, 6.07) is 1.79. The van der Waals surface area contributed by atoms with Gasteiger partial charge in [-0.2, -0.15) is 0 Å². The van der Waals surface area contributed by atoms with Crippen LogP contribution in [0.4, 0.5) is 13.2 Å². The van der Waals surface area contributed by atoms with Gasteiger partial charge < -0.3 is 4.57 Å². The fourth-order valence-corrected chi connectivity index (χ4v) is 1.39. The van der Waals surface area contributed by atoms with Gasteiger partial charge in [-0.3, -0.25) is 0 Å². The number of rotatable bonds is 2. The molecule has 0 aliphatic heterocycles. The van der Waals surface area contributed by atoms with E-state index in [-0.39, 0.29) is 5.56 Å². The molecule has 3 nitrogen and oxygen atoms in total. The van der Waals surface area contributed by atoms with Crippen LogP contribution in [0.15, 0.2) is 18.5 Å². The Bertz CT molecular complexity index is 499. The van der Waals surface area contributed by atoms with Gasteiger partial charge in [0.15, 0.2) is 23.3 Å². The molecule has 0 aliphatic rings. The molecule has 0 unspecified atom stereocenters. The first-order valence-electron chi connectivity index (χ1n) is 4.66. The molecule has 84 valence electrons. The number of benzene rings is 1. The summed E-state index contributed by atoms with van der Waals surface area (Å²) in [4.78, 5) is 0. The summed E-state index contributed by atoms with van der Waals surface area (Å²) in [5.41, 5.74) is 0.163. The maximum absolute atomic E-state index is 13.0. The van der Waals surface area contributed by atoms with Gasteiger partial charge in [-0.25, -0.2) is 13.2 Å². The Hall–Kier alpha value is -1.85. The molecule has 16 heavy (non-hydrogen) atoms. The first-order chi connectivity index (χ1) is 7.63. The van der Waals surface area contributed by atoms with Gasteiger partial charge >= 0.3 is 0 Å². The van der Waals surface area contributed by atoms with E-state index in [0.29, 0.717) is 12.4 Å². The Morgan fingerprint density at radius 1 is 1.19 bits per heavy atom. The molecule has 0 atom stereocenters. The van der Waals surface area contributed by atoms with Gasteiger partial charge in [0.25, 0.3) is 0 Å². The van der Waals surface area contributed by atoms with Crippen LogP contribution < -0.4 is 0 Å². The van der Waals surface area contributed by atoms with E-state index in [0.717, 1.165) is 12.1 Å². The van der Waals surface area contributed by atoms with Gasteiger partial charge in [-0.05, 0) is 19.1 Å². The smallest absolute Gasteiger partial charge is 0.194 e. The van der Waals surface area contributed by atoms with Crippen LogP contribution in [-0.4, -0.2) is 14.8 Å². The third kappa shape index (κ3) is 1.66. The summed E-state index contributed by atoms with van der Waals surface area (Å²) in [6.07, 6.45) is 1.44. The lowest BCUT2D eigenvalue weighted by Crippen LogP contribution is -1.98. The summed E-state index contributed by atoms with van der Waals surface area (Å²) in [7, 11) is 0. The molecule has 0 aliphatic carbocycles. The van der Waals surface area contributed by atoms with Crippen molar-refractivity contribution in [2.24, 2.45) is 0 Å². The Labute approximate surface area is 89.5 Å². The fraction of sp³-hybridized carbons (Fsp3) is 0.200. The maximum atomic E-state index is 13.0. The SMILES string of the molecule is CCn1cnnc1-c1cc(F)c(F)c(F)c1. The lowest BCUT2D eigenvalue weighted by molar-refractivity contribution is 0.447. The Balaban J connectivity index is 2.57. The van der Waals surface area contributed by atoms with E-state index < -0.39 is 17.5 Å². The molecule has 0 saturated carbocycles. The van der Waals surface area contributed by atoms with E-state index in [4.69, 9.17) is 0 Å². The molecule has 2 aromatic rings. The zero-order valence-electron chi connectivity index (χ0n) is 8.41. The number of halogens is 3.